The van der Waals surface area contributed by atoms with Crippen LogP contribution in [0, 0.1) is 28.1 Å². The number of nitrogens with one attached hydrogen (secondary N) is 3. The van der Waals surface area contributed by atoms with Crippen LogP contribution < -0.4 is 16.0 Å². The first-order valence-corrected chi connectivity index (χ1v) is 10.6. The van der Waals surface area contributed by atoms with Crippen LogP contribution in [0.25, 0.3) is 0 Å². The number of rotatable bonds is 6. The normalized spacial score (nSPS) is 24.1. The highest BCUT2D eigenvalue weighted by Crippen LogP contribution is 2.39. The Bertz CT molecular complexity index is 859. The van der Waals surface area contributed by atoms with Crippen LogP contribution in [0.1, 0.15) is 47.5 Å². The van der Waals surface area contributed by atoms with E-state index in [1.165, 1.54) is 20.8 Å². The summed E-state index contributed by atoms with van der Waals surface area (Å²) in [4.78, 5) is 50.6. The highest BCUT2D eigenvalue weighted by atomic mass is 19.4. The smallest absolute Gasteiger partial charge is 0.356 e. The van der Waals surface area contributed by atoms with E-state index in [0.717, 1.165) is 4.90 Å². The molecule has 2 heterocycles. The molecule has 2 fully saturated rings. The van der Waals surface area contributed by atoms with Gasteiger partial charge in [0.2, 0.25) is 17.7 Å². The predicted molar refractivity (Wildman–Crippen MR) is 110 cm³/mol. The number of amides is 4. The van der Waals surface area contributed by atoms with Crippen molar-refractivity contribution in [2.24, 2.45) is 16.7 Å². The molecule has 0 bridgehead atoms. The van der Waals surface area contributed by atoms with Gasteiger partial charge in [-0.05, 0) is 18.3 Å². The summed E-state index contributed by atoms with van der Waals surface area (Å²) < 4.78 is 38.4. The predicted octanol–water partition coefficient (Wildman–Crippen LogP) is 0.851. The van der Waals surface area contributed by atoms with Gasteiger partial charge in [0.05, 0.1) is 6.07 Å². The third kappa shape index (κ3) is 5.94. The molecule has 2 saturated heterocycles. The van der Waals surface area contributed by atoms with Crippen molar-refractivity contribution >= 4 is 23.6 Å². The third-order valence-corrected chi connectivity index (χ3v) is 5.96. The van der Waals surface area contributed by atoms with Gasteiger partial charge in [-0.3, -0.25) is 19.2 Å². The quantitative estimate of drug-likeness (QED) is 0.526. The van der Waals surface area contributed by atoms with Crippen molar-refractivity contribution in [1.29, 1.82) is 5.26 Å². The van der Waals surface area contributed by atoms with Crippen molar-refractivity contribution in [3.8, 4) is 6.07 Å². The highest BCUT2D eigenvalue weighted by Gasteiger charge is 2.55. The van der Waals surface area contributed by atoms with Crippen molar-refractivity contribution in [3.63, 3.8) is 0 Å². The Morgan fingerprint density at radius 1 is 1.24 bits per heavy atom. The van der Waals surface area contributed by atoms with E-state index in [1.54, 1.807) is 19.2 Å². The molecule has 2 aliphatic rings. The van der Waals surface area contributed by atoms with E-state index in [0.29, 0.717) is 13.0 Å². The number of likely N-dealkylation sites (tertiary alicyclic amines) is 1. The molecular weight excluding hydrogens is 443 g/mol. The number of halogens is 3. The van der Waals surface area contributed by atoms with Gasteiger partial charge in [-0.15, -0.1) is 0 Å². The zero-order chi connectivity index (χ0) is 25.4. The summed E-state index contributed by atoms with van der Waals surface area (Å²) in [6.45, 7) is 8.52. The minimum atomic E-state index is -5.17. The van der Waals surface area contributed by atoms with E-state index in [1.807, 2.05) is 6.07 Å². The molecule has 0 aliphatic carbocycles. The molecule has 0 aromatic heterocycles. The summed E-state index contributed by atoms with van der Waals surface area (Å²) in [5.41, 5.74) is -1.77. The van der Waals surface area contributed by atoms with Crippen molar-refractivity contribution in [3.05, 3.63) is 0 Å². The topological polar surface area (TPSA) is 131 Å². The number of nitrogens with zero attached hydrogens (tertiary/aromatic N) is 2. The van der Waals surface area contributed by atoms with Gasteiger partial charge in [-0.1, -0.05) is 34.6 Å². The lowest BCUT2D eigenvalue weighted by atomic mass is 9.72. The molecule has 3 N–H and O–H groups in total. The van der Waals surface area contributed by atoms with Crippen molar-refractivity contribution in [2.75, 3.05) is 13.1 Å². The SMILES string of the molecule is CC(C)(C)C(NC(=O)C(F)(F)F)C(=O)N1CC(C)(C)[C@H]1C(=O)NC(C#N)C[C@@H]1CCNC1=O. The van der Waals surface area contributed by atoms with Gasteiger partial charge in [0.25, 0.3) is 0 Å². The lowest BCUT2D eigenvalue weighted by molar-refractivity contribution is -0.178. The van der Waals surface area contributed by atoms with Crippen molar-refractivity contribution in [2.45, 2.75) is 71.8 Å². The van der Waals surface area contributed by atoms with Crippen LogP contribution in [0.15, 0.2) is 0 Å². The fraction of sp³-hybridized carbons (Fsp3) is 0.762. The van der Waals surface area contributed by atoms with E-state index in [2.05, 4.69) is 10.6 Å². The summed E-state index contributed by atoms with van der Waals surface area (Å²) in [6.07, 6.45) is -4.51. The first-order valence-electron chi connectivity index (χ1n) is 10.6. The Morgan fingerprint density at radius 3 is 2.27 bits per heavy atom. The highest BCUT2D eigenvalue weighted by molar-refractivity contribution is 5.95. The zero-order valence-corrected chi connectivity index (χ0v) is 19.3. The fourth-order valence-electron chi connectivity index (χ4n) is 4.20. The Hall–Kier alpha value is -2.84. The summed E-state index contributed by atoms with van der Waals surface area (Å²) in [7, 11) is 0. The number of carbonyl (C=O) groups excluding carboxylic acids is 4. The maximum absolute atomic E-state index is 13.2. The van der Waals surface area contributed by atoms with E-state index < -0.39 is 58.8 Å². The first kappa shape index (κ1) is 26.4. The van der Waals surface area contributed by atoms with E-state index in [4.69, 9.17) is 0 Å². The van der Waals surface area contributed by atoms with Crippen molar-refractivity contribution in [1.82, 2.24) is 20.9 Å². The molecule has 12 heteroatoms. The molecule has 2 aliphatic heterocycles. The fourth-order valence-corrected chi connectivity index (χ4v) is 4.20. The van der Waals surface area contributed by atoms with E-state index in [-0.39, 0.29) is 18.9 Å². The number of hydrogen-bond donors (Lipinski definition) is 3. The second kappa shape index (κ2) is 9.19. The minimum Gasteiger partial charge on any atom is -0.356 e. The average Bonchev–Trinajstić information content (AvgIpc) is 3.05. The minimum absolute atomic E-state index is 0.0840. The maximum Gasteiger partial charge on any atom is 0.471 e. The van der Waals surface area contributed by atoms with Gasteiger partial charge < -0.3 is 20.9 Å². The molecule has 33 heavy (non-hydrogen) atoms. The van der Waals surface area contributed by atoms with Gasteiger partial charge in [-0.2, -0.15) is 18.4 Å². The van der Waals surface area contributed by atoms with Crippen LogP contribution in [-0.4, -0.2) is 65.9 Å². The molecule has 2 rings (SSSR count). The molecular formula is C21H30F3N5O4. The molecule has 0 radical (unpaired) electrons. The lowest BCUT2D eigenvalue weighted by Gasteiger charge is -2.54. The Balaban J connectivity index is 2.17. The van der Waals surface area contributed by atoms with Crippen LogP contribution in [-0.2, 0) is 19.2 Å². The van der Waals surface area contributed by atoms with E-state index in [9.17, 15) is 37.6 Å². The number of alkyl halides is 3. The standard InChI is InChI=1S/C21H30F3N5O4/c1-19(2,3)13(28-18(33)21(22,23)24)17(32)29-10-20(4,5)14(29)16(31)27-12(9-25)8-11-6-7-26-15(11)30/h11-14H,6-8,10H2,1-5H3,(H,26,30)(H,27,31)(H,28,33)/t11-,12?,13?,14+/m0/s1. The van der Waals surface area contributed by atoms with Gasteiger partial charge >= 0.3 is 12.1 Å². The molecule has 0 spiro atoms. The Morgan fingerprint density at radius 2 is 1.85 bits per heavy atom. The third-order valence-electron chi connectivity index (χ3n) is 5.96. The molecule has 4 atom stereocenters. The number of nitriles is 1. The molecule has 184 valence electrons. The summed E-state index contributed by atoms with van der Waals surface area (Å²) >= 11 is 0. The monoisotopic (exact) mass is 473 g/mol. The molecule has 0 aromatic carbocycles. The van der Waals surface area contributed by atoms with E-state index >= 15 is 0 Å². The second-order valence-corrected chi connectivity index (χ2v) is 10.3. The van der Waals surface area contributed by atoms with Crippen LogP contribution in [0.5, 0.6) is 0 Å². The molecule has 4 amide bonds. The lowest BCUT2D eigenvalue weighted by Crippen LogP contribution is -2.73. The van der Waals surface area contributed by atoms with Crippen LogP contribution in [0.2, 0.25) is 0 Å². The zero-order valence-electron chi connectivity index (χ0n) is 19.3. The largest absolute Gasteiger partial charge is 0.471 e. The van der Waals surface area contributed by atoms with Crippen LogP contribution in [0.3, 0.4) is 0 Å². The van der Waals surface area contributed by atoms with Gasteiger partial charge in [0.1, 0.15) is 18.1 Å². The van der Waals surface area contributed by atoms with Crippen LogP contribution in [0.4, 0.5) is 13.2 Å². The maximum atomic E-state index is 13.2. The van der Waals surface area contributed by atoms with Gasteiger partial charge in [0, 0.05) is 24.4 Å². The number of hydrogen-bond acceptors (Lipinski definition) is 5. The number of carbonyl (C=O) groups is 4. The van der Waals surface area contributed by atoms with Crippen LogP contribution >= 0.6 is 0 Å². The summed E-state index contributed by atoms with van der Waals surface area (Å²) in [5, 5.41) is 16.4. The first-order chi connectivity index (χ1) is 15.0. The average molecular weight is 473 g/mol. The Labute approximate surface area is 190 Å². The van der Waals surface area contributed by atoms with Gasteiger partial charge in [-0.25, -0.2) is 0 Å². The van der Waals surface area contributed by atoms with Gasteiger partial charge in [0.15, 0.2) is 0 Å². The summed E-state index contributed by atoms with van der Waals surface area (Å²) in [5.74, 6) is -4.30. The molecule has 9 nitrogen and oxygen atoms in total. The summed E-state index contributed by atoms with van der Waals surface area (Å²) in [6, 6.07) is -1.59. The second-order valence-electron chi connectivity index (χ2n) is 10.3. The Kier molecular flexibility index (Phi) is 7.36. The molecule has 2 unspecified atom stereocenters. The molecule has 0 aromatic rings. The molecule has 0 saturated carbocycles. The van der Waals surface area contributed by atoms with Crippen molar-refractivity contribution < 1.29 is 32.3 Å².